The lowest BCUT2D eigenvalue weighted by Gasteiger charge is -2.30. The van der Waals surface area contributed by atoms with E-state index in [4.69, 9.17) is 16.3 Å². The van der Waals surface area contributed by atoms with Crippen LogP contribution in [0.2, 0.25) is 5.02 Å². The Morgan fingerprint density at radius 3 is 2.16 bits per heavy atom. The zero-order chi connectivity index (χ0) is 31.5. The summed E-state index contributed by atoms with van der Waals surface area (Å²) in [6.07, 6.45) is 0. The van der Waals surface area contributed by atoms with Crippen LogP contribution in [0.3, 0.4) is 0 Å². The molecule has 1 fully saturated rings. The van der Waals surface area contributed by atoms with Crippen LogP contribution in [0.1, 0.15) is 10.4 Å². The summed E-state index contributed by atoms with van der Waals surface area (Å²) in [5, 5.41) is 2.94. The molecule has 0 saturated carbocycles. The minimum absolute atomic E-state index is 0.0175. The minimum Gasteiger partial charge on any atom is -0.378 e. The number of nitrogens with zero attached hydrogens (tertiary/aromatic N) is 1. The summed E-state index contributed by atoms with van der Waals surface area (Å²) in [7, 11) is -8.44. The number of amides is 1. The molecule has 4 aromatic rings. The number of morpholine rings is 1. The number of hydrogen-bond acceptors (Lipinski definition) is 7. The Balaban J connectivity index is 1.43. The predicted molar refractivity (Wildman–Crippen MR) is 163 cm³/mol. The second kappa shape index (κ2) is 12.8. The van der Waals surface area contributed by atoms with Gasteiger partial charge in [0.2, 0.25) is 0 Å². The Kier molecular flexibility index (Phi) is 9.06. The lowest BCUT2D eigenvalue weighted by atomic mass is 10.1. The van der Waals surface area contributed by atoms with Gasteiger partial charge < -0.3 is 15.0 Å². The van der Waals surface area contributed by atoms with Crippen LogP contribution in [0, 0.1) is 11.6 Å². The fourth-order valence-electron chi connectivity index (χ4n) is 4.39. The lowest BCUT2D eigenvalue weighted by molar-refractivity contribution is 0.102. The van der Waals surface area contributed by atoms with E-state index in [0.29, 0.717) is 44.1 Å². The van der Waals surface area contributed by atoms with E-state index in [2.05, 4.69) is 14.8 Å². The smallest absolute Gasteiger partial charge is 0.262 e. The highest BCUT2D eigenvalue weighted by Crippen LogP contribution is 2.32. The molecular weight excluding hydrogens is 638 g/mol. The number of nitrogens with one attached hydrogen (secondary N) is 3. The topological polar surface area (TPSA) is 134 Å². The molecule has 1 aliphatic heterocycles. The third-order valence-corrected chi connectivity index (χ3v) is 9.65. The van der Waals surface area contributed by atoms with Gasteiger partial charge in [0.05, 0.1) is 45.1 Å². The van der Waals surface area contributed by atoms with Gasteiger partial charge in [-0.05, 0) is 66.7 Å². The molecule has 1 saturated heterocycles. The predicted octanol–water partition coefficient (Wildman–Crippen LogP) is 5.31. The third-order valence-electron chi connectivity index (χ3n) is 6.57. The highest BCUT2D eigenvalue weighted by atomic mass is 35.5. The molecule has 1 amide bonds. The van der Waals surface area contributed by atoms with Gasteiger partial charge in [-0.3, -0.25) is 14.2 Å². The zero-order valence-electron chi connectivity index (χ0n) is 22.8. The van der Waals surface area contributed by atoms with Crippen LogP contribution in [0.15, 0.2) is 94.7 Å². The second-order valence-corrected chi connectivity index (χ2v) is 13.4. The van der Waals surface area contributed by atoms with Gasteiger partial charge in [-0.1, -0.05) is 29.8 Å². The fourth-order valence-corrected chi connectivity index (χ4v) is 6.79. The largest absolute Gasteiger partial charge is 0.378 e. The van der Waals surface area contributed by atoms with Gasteiger partial charge in [0.25, 0.3) is 26.0 Å². The van der Waals surface area contributed by atoms with Crippen molar-refractivity contribution in [3.63, 3.8) is 0 Å². The van der Waals surface area contributed by atoms with Crippen molar-refractivity contribution in [2.45, 2.75) is 9.79 Å². The monoisotopic (exact) mass is 662 g/mol. The molecule has 0 atom stereocenters. The summed E-state index contributed by atoms with van der Waals surface area (Å²) >= 11 is 6.14. The van der Waals surface area contributed by atoms with Crippen molar-refractivity contribution in [3.8, 4) is 0 Å². The molecule has 4 aromatic carbocycles. The highest BCUT2D eigenvalue weighted by molar-refractivity contribution is 7.93. The van der Waals surface area contributed by atoms with Crippen molar-refractivity contribution in [2.24, 2.45) is 0 Å². The van der Waals surface area contributed by atoms with E-state index in [1.54, 1.807) is 24.3 Å². The first-order valence-electron chi connectivity index (χ1n) is 13.1. The molecule has 0 radical (unpaired) electrons. The van der Waals surface area contributed by atoms with E-state index in [-0.39, 0.29) is 32.5 Å². The maximum Gasteiger partial charge on any atom is 0.262 e. The molecule has 10 nitrogen and oxygen atoms in total. The molecule has 0 bridgehead atoms. The average molecular weight is 663 g/mol. The van der Waals surface area contributed by atoms with Crippen LogP contribution in [0.4, 0.5) is 31.5 Å². The third kappa shape index (κ3) is 7.10. The van der Waals surface area contributed by atoms with E-state index >= 15 is 0 Å². The number of anilines is 4. The Morgan fingerprint density at radius 2 is 1.43 bits per heavy atom. The van der Waals surface area contributed by atoms with Crippen LogP contribution in [0.25, 0.3) is 0 Å². The maximum absolute atomic E-state index is 13.6. The molecule has 1 heterocycles. The molecule has 0 aliphatic carbocycles. The normalized spacial score (nSPS) is 13.8. The Hall–Kier alpha value is -4.24. The Labute approximate surface area is 257 Å². The molecular formula is C29H25ClF2N4O6S2. The molecule has 3 N–H and O–H groups in total. The molecule has 0 unspecified atom stereocenters. The first-order valence-corrected chi connectivity index (χ1v) is 16.4. The molecule has 44 heavy (non-hydrogen) atoms. The van der Waals surface area contributed by atoms with Gasteiger partial charge >= 0.3 is 0 Å². The van der Waals surface area contributed by atoms with Gasteiger partial charge in [0.15, 0.2) is 11.6 Å². The van der Waals surface area contributed by atoms with E-state index in [1.807, 2.05) is 4.90 Å². The van der Waals surface area contributed by atoms with E-state index < -0.39 is 42.5 Å². The van der Waals surface area contributed by atoms with Gasteiger partial charge in [0, 0.05) is 24.3 Å². The summed E-state index contributed by atoms with van der Waals surface area (Å²) in [6.45, 7) is 1.85. The van der Waals surface area contributed by atoms with Gasteiger partial charge in [-0.2, -0.15) is 0 Å². The number of carbonyl (C=O) groups excluding carboxylic acids is 1. The quantitative estimate of drug-likeness (QED) is 0.221. The molecule has 1 aliphatic rings. The van der Waals surface area contributed by atoms with Crippen molar-refractivity contribution in [1.29, 1.82) is 0 Å². The number of para-hydroxylation sites is 1. The summed E-state index contributed by atoms with van der Waals surface area (Å²) in [4.78, 5) is 14.7. The maximum atomic E-state index is 13.6. The number of hydrogen-bond donors (Lipinski definition) is 3. The average Bonchev–Trinajstić information content (AvgIpc) is 3.00. The first-order chi connectivity index (χ1) is 20.9. The molecule has 15 heteroatoms. The lowest BCUT2D eigenvalue weighted by Crippen LogP contribution is -2.36. The van der Waals surface area contributed by atoms with Crippen LogP contribution < -0.4 is 19.7 Å². The molecule has 5 rings (SSSR count). The number of sulfonamides is 2. The summed E-state index contributed by atoms with van der Waals surface area (Å²) in [5.74, 6) is -3.19. The second-order valence-electron chi connectivity index (χ2n) is 9.58. The standard InChI is InChI=1S/C29H25ClF2N4O6S2/c30-23-6-1-2-7-26(23)35-44(40,41)22-9-11-28(36-12-14-42-15-13-36)27(18-22)33-29(37)19-4-3-5-20(16-19)34-43(38,39)21-8-10-24(31)25(32)17-21/h1-11,16-18,34-35H,12-15H2,(H,33,37). The van der Waals surface area contributed by atoms with Crippen molar-refractivity contribution in [1.82, 2.24) is 0 Å². The summed E-state index contributed by atoms with van der Waals surface area (Å²) in [6, 6.07) is 18.3. The van der Waals surface area contributed by atoms with Crippen LogP contribution >= 0.6 is 11.6 Å². The number of halogens is 3. The van der Waals surface area contributed by atoms with E-state index in [0.717, 1.165) is 6.07 Å². The number of rotatable bonds is 9. The van der Waals surface area contributed by atoms with Crippen LogP contribution in [0.5, 0.6) is 0 Å². The SMILES string of the molecule is O=C(Nc1cc(S(=O)(=O)Nc2ccccc2Cl)ccc1N1CCOCC1)c1cccc(NS(=O)(=O)c2ccc(F)c(F)c2)c1. The number of benzene rings is 4. The van der Waals surface area contributed by atoms with Crippen molar-refractivity contribution in [3.05, 3.63) is 107 Å². The highest BCUT2D eigenvalue weighted by Gasteiger charge is 2.23. The Bertz CT molecular complexity index is 1940. The Morgan fingerprint density at radius 1 is 0.750 bits per heavy atom. The number of carbonyl (C=O) groups is 1. The van der Waals surface area contributed by atoms with Crippen LogP contribution in [-0.4, -0.2) is 49.0 Å². The number of ether oxygens (including phenoxy) is 1. The summed E-state index contributed by atoms with van der Waals surface area (Å²) in [5.41, 5.74) is 0.932. The first kappa shape index (κ1) is 31.2. The molecule has 230 valence electrons. The van der Waals surface area contributed by atoms with Crippen LogP contribution in [-0.2, 0) is 24.8 Å². The fraction of sp³-hybridized carbons (Fsp3) is 0.138. The van der Waals surface area contributed by atoms with Gasteiger partial charge in [-0.25, -0.2) is 25.6 Å². The van der Waals surface area contributed by atoms with Gasteiger partial charge in [0.1, 0.15) is 0 Å². The van der Waals surface area contributed by atoms with Gasteiger partial charge in [-0.15, -0.1) is 0 Å². The minimum atomic E-state index is -4.32. The van der Waals surface area contributed by atoms with Crippen molar-refractivity contribution >= 4 is 60.3 Å². The van der Waals surface area contributed by atoms with Crippen molar-refractivity contribution in [2.75, 3.05) is 46.0 Å². The zero-order valence-corrected chi connectivity index (χ0v) is 25.1. The van der Waals surface area contributed by atoms with Crippen molar-refractivity contribution < 1.29 is 35.1 Å². The molecule has 0 spiro atoms. The van der Waals surface area contributed by atoms with E-state index in [1.165, 1.54) is 42.5 Å². The molecule has 0 aromatic heterocycles. The summed E-state index contributed by atoms with van der Waals surface area (Å²) < 4.78 is 89.1. The van der Waals surface area contributed by atoms with E-state index in [9.17, 15) is 30.4 Å².